The average Bonchev–Trinajstić information content (AvgIpc) is 2.96. The summed E-state index contributed by atoms with van der Waals surface area (Å²) in [5.41, 5.74) is 5.83. The van der Waals surface area contributed by atoms with Gasteiger partial charge in [-0.3, -0.25) is 9.59 Å². The predicted molar refractivity (Wildman–Crippen MR) is 153 cm³/mol. The molecule has 2 aliphatic heterocycles. The molecule has 3 aromatic carbocycles. The van der Waals surface area contributed by atoms with E-state index in [0.717, 1.165) is 31.5 Å². The van der Waals surface area contributed by atoms with E-state index in [0.29, 0.717) is 35.7 Å². The Morgan fingerprint density at radius 2 is 1.79 bits per heavy atom. The van der Waals surface area contributed by atoms with Crippen LogP contribution in [0.4, 0.5) is 5.69 Å². The third kappa shape index (κ3) is 5.05. The fourth-order valence-electron chi connectivity index (χ4n) is 6.02. The standard InChI is InChI=1S/C32H37N3O4/c1-5-34(23-12-8-10-21(2)18-23)16-9-15-33-31(36)29-25-19-27(38-3)28(39-4)20-26(25)32(37)35-17-14-22-11-6-7-13-24(22)30(29)35/h6-8,10-13,18-20,29-30H,5,9,14-17H2,1-4H3,(H,33,36)/t29-,30-/m0/s1. The summed E-state index contributed by atoms with van der Waals surface area (Å²) in [4.78, 5) is 31.9. The van der Waals surface area contributed by atoms with Crippen molar-refractivity contribution in [1.82, 2.24) is 10.2 Å². The Bertz CT molecular complexity index is 1370. The van der Waals surface area contributed by atoms with Gasteiger partial charge in [-0.25, -0.2) is 0 Å². The van der Waals surface area contributed by atoms with Crippen LogP contribution >= 0.6 is 0 Å². The lowest BCUT2D eigenvalue weighted by molar-refractivity contribution is -0.124. The van der Waals surface area contributed by atoms with Gasteiger partial charge < -0.3 is 24.6 Å². The maximum Gasteiger partial charge on any atom is 0.254 e. The molecule has 2 amide bonds. The van der Waals surface area contributed by atoms with Crippen molar-refractivity contribution in [3.05, 3.63) is 88.5 Å². The lowest BCUT2D eigenvalue weighted by Crippen LogP contribution is -2.50. The van der Waals surface area contributed by atoms with E-state index in [2.05, 4.69) is 54.4 Å². The van der Waals surface area contributed by atoms with Gasteiger partial charge in [-0.1, -0.05) is 36.4 Å². The van der Waals surface area contributed by atoms with Crippen molar-refractivity contribution in [2.75, 3.05) is 45.3 Å². The van der Waals surface area contributed by atoms with Crippen molar-refractivity contribution in [2.24, 2.45) is 0 Å². The molecule has 0 bridgehead atoms. The molecule has 2 heterocycles. The summed E-state index contributed by atoms with van der Waals surface area (Å²) in [5, 5.41) is 3.20. The molecule has 0 radical (unpaired) electrons. The van der Waals surface area contributed by atoms with Gasteiger partial charge in [0.2, 0.25) is 5.91 Å². The number of rotatable bonds is 9. The molecule has 0 aromatic heterocycles. The Morgan fingerprint density at radius 3 is 2.54 bits per heavy atom. The van der Waals surface area contributed by atoms with E-state index in [1.165, 1.54) is 16.8 Å². The van der Waals surface area contributed by atoms with Crippen LogP contribution in [0.2, 0.25) is 0 Å². The van der Waals surface area contributed by atoms with Gasteiger partial charge in [0, 0.05) is 37.4 Å². The van der Waals surface area contributed by atoms with E-state index in [1.807, 2.05) is 23.1 Å². The molecule has 0 unspecified atom stereocenters. The highest BCUT2D eigenvalue weighted by Gasteiger charge is 2.46. The van der Waals surface area contributed by atoms with Crippen molar-refractivity contribution >= 4 is 17.5 Å². The van der Waals surface area contributed by atoms with E-state index < -0.39 is 5.92 Å². The summed E-state index contributed by atoms with van der Waals surface area (Å²) < 4.78 is 11.1. The number of hydrogen-bond acceptors (Lipinski definition) is 5. The fraction of sp³-hybridized carbons (Fsp3) is 0.375. The number of benzene rings is 3. The molecule has 7 nitrogen and oxygen atoms in total. The maximum atomic E-state index is 14.0. The summed E-state index contributed by atoms with van der Waals surface area (Å²) in [7, 11) is 3.12. The quantitative estimate of drug-likeness (QED) is 0.402. The average molecular weight is 528 g/mol. The van der Waals surface area contributed by atoms with Crippen LogP contribution in [-0.4, -0.2) is 57.1 Å². The van der Waals surface area contributed by atoms with Crippen molar-refractivity contribution in [3.63, 3.8) is 0 Å². The summed E-state index contributed by atoms with van der Waals surface area (Å²) in [6.45, 7) is 7.09. The van der Waals surface area contributed by atoms with Crippen molar-refractivity contribution in [3.8, 4) is 11.5 Å². The molecule has 0 aliphatic carbocycles. The highest BCUT2D eigenvalue weighted by molar-refractivity contribution is 6.02. The second-order valence-electron chi connectivity index (χ2n) is 10.2. The van der Waals surface area contributed by atoms with Gasteiger partial charge in [0.15, 0.2) is 11.5 Å². The Balaban J connectivity index is 1.42. The summed E-state index contributed by atoms with van der Waals surface area (Å²) >= 11 is 0. The molecule has 0 fully saturated rings. The predicted octanol–water partition coefficient (Wildman–Crippen LogP) is 4.88. The summed E-state index contributed by atoms with van der Waals surface area (Å²) in [5.74, 6) is 0.275. The fourth-order valence-corrected chi connectivity index (χ4v) is 6.02. The molecule has 39 heavy (non-hydrogen) atoms. The SMILES string of the molecule is CCN(CCCNC(=O)[C@H]1c2cc(OC)c(OC)cc2C(=O)N2CCc3ccccc3[C@@H]12)c1cccc(C)c1. The number of nitrogens with one attached hydrogen (secondary N) is 1. The van der Waals surface area contributed by atoms with Gasteiger partial charge in [0.1, 0.15) is 0 Å². The molecule has 204 valence electrons. The molecule has 5 rings (SSSR count). The molecule has 3 aromatic rings. The first-order valence-electron chi connectivity index (χ1n) is 13.7. The number of fused-ring (bicyclic) bond motifs is 4. The first-order valence-corrected chi connectivity index (χ1v) is 13.7. The van der Waals surface area contributed by atoms with Gasteiger partial charge in [0.05, 0.1) is 26.2 Å². The third-order valence-electron chi connectivity index (χ3n) is 7.96. The van der Waals surface area contributed by atoms with Crippen molar-refractivity contribution < 1.29 is 19.1 Å². The monoisotopic (exact) mass is 527 g/mol. The molecule has 0 saturated heterocycles. The number of carbonyl (C=O) groups is 2. The first kappa shape index (κ1) is 26.6. The van der Waals surface area contributed by atoms with Crippen LogP contribution < -0.4 is 19.7 Å². The van der Waals surface area contributed by atoms with E-state index in [-0.39, 0.29) is 17.9 Å². The molecular weight excluding hydrogens is 490 g/mol. The lowest BCUT2D eigenvalue weighted by Gasteiger charge is -2.45. The van der Waals surface area contributed by atoms with Crippen LogP contribution in [0, 0.1) is 6.92 Å². The first-order chi connectivity index (χ1) is 19.0. The molecule has 2 aliphatic rings. The van der Waals surface area contributed by atoms with Crippen LogP contribution in [0.5, 0.6) is 11.5 Å². The number of aryl methyl sites for hydroxylation is 1. The summed E-state index contributed by atoms with van der Waals surface area (Å²) in [6, 6.07) is 19.8. The van der Waals surface area contributed by atoms with Crippen LogP contribution in [0.25, 0.3) is 0 Å². The van der Waals surface area contributed by atoms with Gasteiger partial charge in [-0.2, -0.15) is 0 Å². The number of anilines is 1. The van der Waals surface area contributed by atoms with Crippen molar-refractivity contribution in [1.29, 1.82) is 0 Å². The zero-order chi connectivity index (χ0) is 27.5. The highest BCUT2D eigenvalue weighted by atomic mass is 16.5. The van der Waals surface area contributed by atoms with Crippen LogP contribution in [-0.2, 0) is 11.2 Å². The number of nitrogens with zero attached hydrogens (tertiary/aromatic N) is 2. The molecule has 1 N–H and O–H groups in total. The Hall–Kier alpha value is -4.00. The van der Waals surface area contributed by atoms with Crippen LogP contribution in [0.15, 0.2) is 60.7 Å². The Kier molecular flexibility index (Phi) is 7.77. The normalized spacial score (nSPS) is 17.5. The van der Waals surface area contributed by atoms with E-state index in [4.69, 9.17) is 9.47 Å². The molecule has 7 heteroatoms. The minimum atomic E-state index is -0.557. The second kappa shape index (κ2) is 11.4. The minimum absolute atomic E-state index is 0.0775. The smallest absolute Gasteiger partial charge is 0.254 e. The third-order valence-corrected chi connectivity index (χ3v) is 7.96. The highest BCUT2D eigenvalue weighted by Crippen LogP contribution is 2.48. The minimum Gasteiger partial charge on any atom is -0.493 e. The molecular formula is C32H37N3O4. The number of ether oxygens (including phenoxy) is 2. The number of carbonyl (C=O) groups excluding carboxylic acids is 2. The van der Waals surface area contributed by atoms with Crippen LogP contribution in [0.3, 0.4) is 0 Å². The number of hydrogen-bond donors (Lipinski definition) is 1. The summed E-state index contributed by atoms with van der Waals surface area (Å²) in [6.07, 6.45) is 1.57. The largest absolute Gasteiger partial charge is 0.493 e. The Labute approximate surface area is 230 Å². The lowest BCUT2D eigenvalue weighted by atomic mass is 9.75. The zero-order valence-corrected chi connectivity index (χ0v) is 23.2. The van der Waals surface area contributed by atoms with E-state index in [1.54, 1.807) is 26.4 Å². The second-order valence-corrected chi connectivity index (χ2v) is 10.2. The zero-order valence-electron chi connectivity index (χ0n) is 23.2. The topological polar surface area (TPSA) is 71.1 Å². The van der Waals surface area contributed by atoms with Gasteiger partial charge in [-0.05, 0) is 73.2 Å². The molecule has 0 spiro atoms. The van der Waals surface area contributed by atoms with E-state index >= 15 is 0 Å². The van der Waals surface area contributed by atoms with Crippen LogP contribution in [0.1, 0.15) is 57.9 Å². The van der Waals surface area contributed by atoms with Crippen molar-refractivity contribution in [2.45, 2.75) is 38.6 Å². The van der Waals surface area contributed by atoms with Gasteiger partial charge in [0.25, 0.3) is 5.91 Å². The molecule has 0 saturated carbocycles. The number of amides is 2. The Morgan fingerprint density at radius 1 is 1.03 bits per heavy atom. The van der Waals surface area contributed by atoms with Gasteiger partial charge >= 0.3 is 0 Å². The van der Waals surface area contributed by atoms with Gasteiger partial charge in [-0.15, -0.1) is 0 Å². The number of methoxy groups -OCH3 is 2. The molecule has 2 atom stereocenters. The van der Waals surface area contributed by atoms with E-state index in [9.17, 15) is 9.59 Å². The maximum absolute atomic E-state index is 14.0.